The molecule has 0 saturated carbocycles. The van der Waals surface area contributed by atoms with Gasteiger partial charge < -0.3 is 5.73 Å². The average molecular weight is 391 g/mol. The highest BCUT2D eigenvalue weighted by Gasteiger charge is 2.54. The Hall–Kier alpha value is -3.85. The molecule has 146 valence electrons. The summed E-state index contributed by atoms with van der Waals surface area (Å²) in [5.74, 6) is -0.623. The number of fused-ring (bicyclic) bond motifs is 1. The van der Waals surface area contributed by atoms with Gasteiger partial charge in [-0.25, -0.2) is 0 Å². The first kappa shape index (κ1) is 19.5. The minimum absolute atomic E-state index is 0.0721. The minimum Gasteiger partial charge on any atom is -0.399 e. The molecule has 2 aromatic rings. The van der Waals surface area contributed by atoms with Gasteiger partial charge in [-0.15, -0.1) is 0 Å². The van der Waals surface area contributed by atoms with Crippen LogP contribution in [0.4, 0.5) is 0 Å². The number of nitrogens with two attached hydrogens (primary N) is 1. The van der Waals surface area contributed by atoms with Crippen LogP contribution in [0.2, 0.25) is 0 Å². The molecule has 0 saturated heterocycles. The molecule has 0 bridgehead atoms. The monoisotopic (exact) mass is 391 g/mol. The first-order valence-corrected chi connectivity index (χ1v) is 9.89. The van der Waals surface area contributed by atoms with Gasteiger partial charge in [0.15, 0.2) is 5.41 Å². The van der Waals surface area contributed by atoms with Gasteiger partial charge in [-0.2, -0.15) is 15.8 Å². The molecular formula is C25H21N5. The third kappa shape index (κ3) is 3.05. The van der Waals surface area contributed by atoms with E-state index < -0.39 is 11.3 Å². The summed E-state index contributed by atoms with van der Waals surface area (Å²) in [7, 11) is 0. The van der Waals surface area contributed by atoms with Crippen LogP contribution in [0.3, 0.4) is 0 Å². The molecule has 1 heterocycles. The zero-order valence-corrected chi connectivity index (χ0v) is 16.5. The van der Waals surface area contributed by atoms with E-state index in [2.05, 4.69) is 35.2 Å². The Bertz CT molecular complexity index is 1110. The molecule has 1 aliphatic heterocycles. The maximum Gasteiger partial charge on any atom is 0.191 e. The molecule has 2 aliphatic rings. The highest BCUT2D eigenvalue weighted by Crippen LogP contribution is 2.54. The fourth-order valence-corrected chi connectivity index (χ4v) is 4.75. The van der Waals surface area contributed by atoms with E-state index in [4.69, 9.17) is 5.73 Å². The fraction of sp³-hybridized carbons (Fsp3) is 0.240. The maximum atomic E-state index is 10.1. The van der Waals surface area contributed by atoms with Crippen molar-refractivity contribution in [3.8, 4) is 18.2 Å². The number of benzene rings is 2. The summed E-state index contributed by atoms with van der Waals surface area (Å²) in [5, 5.41) is 30.1. The zero-order valence-electron chi connectivity index (χ0n) is 16.5. The number of hydrogen-bond donors (Lipinski definition) is 1. The van der Waals surface area contributed by atoms with Gasteiger partial charge in [-0.3, -0.25) is 4.90 Å². The SMILES string of the molecule is N#CC1=C(N)C(C#N)(C#N)[C@@H](c2ccccc2)[C@H]2CN(Cc3ccccc3)CC=C12. The highest BCUT2D eigenvalue weighted by molar-refractivity contribution is 5.59. The van der Waals surface area contributed by atoms with Gasteiger partial charge in [-0.1, -0.05) is 66.7 Å². The molecule has 5 nitrogen and oxygen atoms in total. The largest absolute Gasteiger partial charge is 0.399 e. The van der Waals surface area contributed by atoms with Crippen molar-refractivity contribution < 1.29 is 0 Å². The Balaban J connectivity index is 1.83. The zero-order chi connectivity index (χ0) is 21.1. The van der Waals surface area contributed by atoms with E-state index in [0.29, 0.717) is 13.1 Å². The average Bonchev–Trinajstić information content (AvgIpc) is 2.80. The molecular weight excluding hydrogens is 370 g/mol. The van der Waals surface area contributed by atoms with Gasteiger partial charge in [0.1, 0.15) is 6.07 Å². The number of nitriles is 3. The molecule has 30 heavy (non-hydrogen) atoms. The Morgan fingerprint density at radius 3 is 2.20 bits per heavy atom. The fourth-order valence-electron chi connectivity index (χ4n) is 4.75. The van der Waals surface area contributed by atoms with Crippen molar-refractivity contribution in [2.24, 2.45) is 17.1 Å². The van der Waals surface area contributed by atoms with Gasteiger partial charge in [0, 0.05) is 31.5 Å². The summed E-state index contributed by atoms with van der Waals surface area (Å²) in [4.78, 5) is 2.29. The van der Waals surface area contributed by atoms with Crippen LogP contribution < -0.4 is 5.73 Å². The summed E-state index contributed by atoms with van der Waals surface area (Å²) >= 11 is 0. The number of hydrogen-bond acceptors (Lipinski definition) is 5. The second-order valence-electron chi connectivity index (χ2n) is 7.77. The second-order valence-corrected chi connectivity index (χ2v) is 7.77. The standard InChI is InChI=1S/C25H21N5/c26-13-21-20-11-12-30(14-18-7-3-1-4-8-18)15-22(20)23(19-9-5-2-6-10-19)25(16-27,17-28)24(21)29/h1-11,22-23H,12,14-15,29H2/t22-,23-/m0/s1. The highest BCUT2D eigenvalue weighted by atomic mass is 15.1. The van der Waals surface area contributed by atoms with E-state index in [1.807, 2.05) is 54.6 Å². The van der Waals surface area contributed by atoms with E-state index in [9.17, 15) is 15.8 Å². The molecule has 0 aromatic heterocycles. The molecule has 5 heteroatoms. The van der Waals surface area contributed by atoms with Gasteiger partial charge in [0.05, 0.1) is 23.4 Å². The van der Waals surface area contributed by atoms with E-state index in [-0.39, 0.29) is 17.2 Å². The lowest BCUT2D eigenvalue weighted by Gasteiger charge is -2.45. The van der Waals surface area contributed by atoms with Crippen molar-refractivity contribution in [1.82, 2.24) is 4.90 Å². The lowest BCUT2D eigenvalue weighted by Crippen LogP contribution is -2.47. The van der Waals surface area contributed by atoms with Gasteiger partial charge >= 0.3 is 0 Å². The Labute approximate surface area is 176 Å². The van der Waals surface area contributed by atoms with Crippen LogP contribution in [0.25, 0.3) is 0 Å². The summed E-state index contributed by atoms with van der Waals surface area (Å²) in [6, 6.07) is 26.3. The smallest absolute Gasteiger partial charge is 0.191 e. The second kappa shape index (κ2) is 7.88. The van der Waals surface area contributed by atoms with Gasteiger partial charge in [-0.05, 0) is 16.7 Å². The topological polar surface area (TPSA) is 101 Å². The summed E-state index contributed by atoms with van der Waals surface area (Å²) < 4.78 is 0. The van der Waals surface area contributed by atoms with E-state index >= 15 is 0 Å². The summed E-state index contributed by atoms with van der Waals surface area (Å²) in [6.45, 7) is 2.09. The molecule has 0 amide bonds. The molecule has 1 aliphatic carbocycles. The van der Waals surface area contributed by atoms with Crippen molar-refractivity contribution in [3.63, 3.8) is 0 Å². The lowest BCUT2D eigenvalue weighted by molar-refractivity contribution is 0.201. The normalized spacial score (nSPS) is 22.8. The van der Waals surface area contributed by atoms with E-state index in [0.717, 1.165) is 17.7 Å². The lowest BCUT2D eigenvalue weighted by atomic mass is 9.58. The molecule has 0 fully saturated rings. The summed E-state index contributed by atoms with van der Waals surface area (Å²) in [5.41, 5.74) is 8.06. The predicted octanol–water partition coefficient (Wildman–Crippen LogP) is 3.61. The number of allylic oxidation sites excluding steroid dienone is 2. The molecule has 4 rings (SSSR count). The predicted molar refractivity (Wildman–Crippen MR) is 113 cm³/mol. The van der Waals surface area contributed by atoms with Gasteiger partial charge in [0.25, 0.3) is 0 Å². The van der Waals surface area contributed by atoms with Crippen molar-refractivity contribution in [1.29, 1.82) is 15.8 Å². The van der Waals surface area contributed by atoms with Gasteiger partial charge in [0.2, 0.25) is 0 Å². The van der Waals surface area contributed by atoms with Crippen LogP contribution >= 0.6 is 0 Å². The first-order valence-electron chi connectivity index (χ1n) is 9.89. The molecule has 0 radical (unpaired) electrons. The van der Waals surface area contributed by atoms with Crippen molar-refractivity contribution in [2.75, 3.05) is 13.1 Å². The van der Waals surface area contributed by atoms with Crippen LogP contribution in [0.5, 0.6) is 0 Å². The van der Waals surface area contributed by atoms with Crippen LogP contribution in [0.15, 0.2) is 83.6 Å². The quantitative estimate of drug-likeness (QED) is 0.861. The Morgan fingerprint density at radius 1 is 0.967 bits per heavy atom. The van der Waals surface area contributed by atoms with Crippen LogP contribution in [-0.4, -0.2) is 18.0 Å². The van der Waals surface area contributed by atoms with Crippen LogP contribution in [-0.2, 0) is 6.54 Å². The Kier molecular flexibility index (Phi) is 5.11. The van der Waals surface area contributed by atoms with E-state index in [1.54, 1.807) is 0 Å². The molecule has 2 N–H and O–H groups in total. The van der Waals surface area contributed by atoms with Crippen molar-refractivity contribution in [3.05, 3.63) is 94.7 Å². The third-order valence-corrected chi connectivity index (χ3v) is 6.15. The molecule has 0 spiro atoms. The van der Waals surface area contributed by atoms with E-state index in [1.165, 1.54) is 5.56 Å². The van der Waals surface area contributed by atoms with Crippen molar-refractivity contribution >= 4 is 0 Å². The minimum atomic E-state index is -1.58. The third-order valence-electron chi connectivity index (χ3n) is 6.15. The first-order chi connectivity index (χ1) is 14.6. The molecule has 0 unspecified atom stereocenters. The summed E-state index contributed by atoms with van der Waals surface area (Å²) in [6.07, 6.45) is 2.04. The molecule has 2 atom stereocenters. The van der Waals surface area contributed by atoms with Crippen LogP contribution in [0, 0.1) is 45.3 Å². The molecule has 2 aromatic carbocycles. The number of nitrogens with zero attached hydrogens (tertiary/aromatic N) is 4. The Morgan fingerprint density at radius 2 is 1.60 bits per heavy atom. The van der Waals surface area contributed by atoms with Crippen LogP contribution in [0.1, 0.15) is 17.0 Å². The maximum absolute atomic E-state index is 10.1. The van der Waals surface area contributed by atoms with Crippen molar-refractivity contribution in [2.45, 2.75) is 12.5 Å². The number of rotatable bonds is 3.